The summed E-state index contributed by atoms with van der Waals surface area (Å²) in [5.41, 5.74) is 8.15. The minimum Gasteiger partial charge on any atom is -0.378 e. The summed E-state index contributed by atoms with van der Waals surface area (Å²) in [6.45, 7) is 8.57. The summed E-state index contributed by atoms with van der Waals surface area (Å²) in [6.07, 6.45) is 1.09. The van der Waals surface area contributed by atoms with Gasteiger partial charge < -0.3 is 5.73 Å². The van der Waals surface area contributed by atoms with Crippen LogP contribution in [0.5, 0.6) is 0 Å². The van der Waals surface area contributed by atoms with Crippen LogP contribution in [0, 0.1) is 0 Å². The third-order valence-corrected chi connectivity index (χ3v) is 3.96. The van der Waals surface area contributed by atoms with E-state index in [0.717, 1.165) is 12.1 Å². The summed E-state index contributed by atoms with van der Waals surface area (Å²) in [5.74, 6) is 0. The fourth-order valence-corrected chi connectivity index (χ4v) is 2.39. The van der Waals surface area contributed by atoms with E-state index in [4.69, 9.17) is 5.73 Å². The highest BCUT2D eigenvalue weighted by Gasteiger charge is 2.30. The van der Waals surface area contributed by atoms with Gasteiger partial charge >= 0.3 is 0 Å². The summed E-state index contributed by atoms with van der Waals surface area (Å²) >= 11 is 1.67. The van der Waals surface area contributed by atoms with Crippen molar-refractivity contribution in [2.24, 2.45) is 10.7 Å². The Kier molecular flexibility index (Phi) is 2.52. The number of thioether (sulfide) groups is 1. The van der Waals surface area contributed by atoms with Crippen molar-refractivity contribution in [3.05, 3.63) is 11.3 Å². The van der Waals surface area contributed by atoms with Crippen LogP contribution in [0.4, 0.5) is 0 Å². The predicted molar refractivity (Wildman–Crippen MR) is 56.3 cm³/mol. The first-order chi connectivity index (χ1) is 5.49. The molecule has 2 nitrogen and oxygen atoms in total. The summed E-state index contributed by atoms with van der Waals surface area (Å²) in [6, 6.07) is 0. The summed E-state index contributed by atoms with van der Waals surface area (Å²) in [7, 11) is 0. The first-order valence-corrected chi connectivity index (χ1v) is 5.02. The van der Waals surface area contributed by atoms with Gasteiger partial charge in [0, 0.05) is 10.4 Å². The average Bonchev–Trinajstić information content (AvgIpc) is 2.00. The van der Waals surface area contributed by atoms with Gasteiger partial charge in [0.15, 0.2) is 5.17 Å². The summed E-state index contributed by atoms with van der Waals surface area (Å²) < 4.78 is 0.163. The molecule has 1 aliphatic heterocycles. The molecular weight excluding hydrogens is 168 g/mol. The molecule has 1 atom stereocenters. The number of nitrogens with two attached hydrogens (primary N) is 1. The fraction of sp³-hybridized carbons (Fsp3) is 0.667. The van der Waals surface area contributed by atoms with E-state index in [9.17, 15) is 0 Å². The number of amidine groups is 1. The Labute approximate surface area is 78.3 Å². The molecule has 0 radical (unpaired) electrons. The van der Waals surface area contributed by atoms with Gasteiger partial charge in [-0.2, -0.15) is 0 Å². The molecule has 1 aliphatic rings. The third kappa shape index (κ3) is 1.51. The second kappa shape index (κ2) is 3.13. The molecule has 0 amide bonds. The number of nitrogens with zero attached hydrogens (tertiary/aromatic N) is 1. The van der Waals surface area contributed by atoms with Crippen LogP contribution in [0.1, 0.15) is 34.1 Å². The molecule has 1 unspecified atom stereocenters. The van der Waals surface area contributed by atoms with E-state index < -0.39 is 0 Å². The van der Waals surface area contributed by atoms with Crippen LogP contribution in [0.2, 0.25) is 0 Å². The van der Waals surface area contributed by atoms with Crippen LogP contribution in [0.15, 0.2) is 16.3 Å². The van der Waals surface area contributed by atoms with Crippen LogP contribution in [-0.4, -0.2) is 9.91 Å². The van der Waals surface area contributed by atoms with Crippen molar-refractivity contribution in [1.29, 1.82) is 0 Å². The third-order valence-electron chi connectivity index (χ3n) is 2.62. The molecule has 0 bridgehead atoms. The number of hydrogen-bond acceptors (Lipinski definition) is 3. The zero-order valence-corrected chi connectivity index (χ0v) is 8.96. The maximum atomic E-state index is 5.72. The molecule has 2 N–H and O–H groups in total. The van der Waals surface area contributed by atoms with Crippen LogP contribution >= 0.6 is 11.8 Å². The Morgan fingerprint density at radius 3 is 2.58 bits per heavy atom. The Hall–Kier alpha value is -0.440. The van der Waals surface area contributed by atoms with Crippen molar-refractivity contribution >= 4 is 16.9 Å². The standard InChI is InChI=1S/C9H16N2S/c1-5-9(4)6(2)7(3)11-8(10)12-9/h5H2,1-4H3,(H2,10,11). The number of rotatable bonds is 1. The minimum atomic E-state index is 0.163. The second-order valence-electron chi connectivity index (χ2n) is 3.35. The number of aliphatic imine (C=N–C) groups is 1. The molecule has 12 heavy (non-hydrogen) atoms. The molecular formula is C9H16N2S. The largest absolute Gasteiger partial charge is 0.378 e. The van der Waals surface area contributed by atoms with E-state index in [0.29, 0.717) is 5.17 Å². The van der Waals surface area contributed by atoms with Crippen LogP contribution < -0.4 is 5.73 Å². The maximum Gasteiger partial charge on any atom is 0.159 e. The topological polar surface area (TPSA) is 38.4 Å². The van der Waals surface area contributed by atoms with Crippen molar-refractivity contribution in [3.63, 3.8) is 0 Å². The van der Waals surface area contributed by atoms with Gasteiger partial charge in [-0.05, 0) is 32.8 Å². The second-order valence-corrected chi connectivity index (χ2v) is 4.87. The van der Waals surface area contributed by atoms with Gasteiger partial charge in [0.1, 0.15) is 0 Å². The highest BCUT2D eigenvalue weighted by molar-refractivity contribution is 8.15. The highest BCUT2D eigenvalue weighted by atomic mass is 32.2. The van der Waals surface area contributed by atoms with E-state index in [1.54, 1.807) is 11.8 Å². The van der Waals surface area contributed by atoms with Gasteiger partial charge in [0.2, 0.25) is 0 Å². The number of allylic oxidation sites excluding steroid dienone is 1. The first kappa shape index (κ1) is 9.65. The van der Waals surface area contributed by atoms with Gasteiger partial charge in [-0.3, -0.25) is 0 Å². The van der Waals surface area contributed by atoms with Crippen molar-refractivity contribution in [2.75, 3.05) is 0 Å². The van der Waals surface area contributed by atoms with Crippen molar-refractivity contribution in [3.8, 4) is 0 Å². The Balaban J connectivity index is 3.06. The van der Waals surface area contributed by atoms with Crippen LogP contribution in [0.25, 0.3) is 0 Å². The van der Waals surface area contributed by atoms with Gasteiger partial charge in [0.05, 0.1) is 0 Å². The molecule has 68 valence electrons. The molecule has 0 fully saturated rings. The predicted octanol–water partition coefficient (Wildman–Crippen LogP) is 2.51. The van der Waals surface area contributed by atoms with Crippen LogP contribution in [-0.2, 0) is 0 Å². The van der Waals surface area contributed by atoms with Crippen molar-refractivity contribution in [1.82, 2.24) is 0 Å². The zero-order chi connectivity index (χ0) is 9.35. The molecule has 0 aromatic heterocycles. The molecule has 0 saturated carbocycles. The quantitative estimate of drug-likeness (QED) is 0.680. The fourth-order valence-electron chi connectivity index (χ4n) is 1.30. The Morgan fingerprint density at radius 1 is 1.50 bits per heavy atom. The molecule has 0 saturated heterocycles. The Bertz CT molecular complexity index is 255. The number of hydrogen-bond donors (Lipinski definition) is 1. The molecule has 3 heteroatoms. The summed E-state index contributed by atoms with van der Waals surface area (Å²) in [5, 5.41) is 0.697. The van der Waals surface area contributed by atoms with Gasteiger partial charge in [0.25, 0.3) is 0 Å². The molecule has 0 aromatic rings. The lowest BCUT2D eigenvalue weighted by atomic mass is 9.97. The normalized spacial score (nSPS) is 30.5. The molecule has 0 aliphatic carbocycles. The van der Waals surface area contributed by atoms with E-state index in [-0.39, 0.29) is 4.75 Å². The van der Waals surface area contributed by atoms with E-state index in [2.05, 4.69) is 25.8 Å². The first-order valence-electron chi connectivity index (χ1n) is 4.20. The van der Waals surface area contributed by atoms with Gasteiger partial charge in [-0.25, -0.2) is 4.99 Å². The summed E-state index contributed by atoms with van der Waals surface area (Å²) in [4.78, 5) is 4.24. The molecule has 0 aromatic carbocycles. The maximum absolute atomic E-state index is 5.72. The average molecular weight is 184 g/mol. The van der Waals surface area contributed by atoms with E-state index in [1.165, 1.54) is 5.57 Å². The molecule has 1 rings (SSSR count). The molecule has 0 spiro atoms. The van der Waals surface area contributed by atoms with E-state index >= 15 is 0 Å². The van der Waals surface area contributed by atoms with Crippen molar-refractivity contribution in [2.45, 2.75) is 38.9 Å². The van der Waals surface area contributed by atoms with Crippen molar-refractivity contribution < 1.29 is 0 Å². The van der Waals surface area contributed by atoms with Gasteiger partial charge in [-0.15, -0.1) is 0 Å². The lowest BCUT2D eigenvalue weighted by molar-refractivity contribution is 0.702. The monoisotopic (exact) mass is 184 g/mol. The smallest absolute Gasteiger partial charge is 0.159 e. The lowest BCUT2D eigenvalue weighted by Gasteiger charge is -2.32. The lowest BCUT2D eigenvalue weighted by Crippen LogP contribution is -2.29. The van der Waals surface area contributed by atoms with Crippen LogP contribution in [0.3, 0.4) is 0 Å². The van der Waals surface area contributed by atoms with E-state index in [1.807, 2.05) is 6.92 Å². The minimum absolute atomic E-state index is 0.163. The zero-order valence-electron chi connectivity index (χ0n) is 8.14. The molecule has 1 heterocycles. The SMILES string of the molecule is CCC1(C)SC(N)=NC(C)=C1C. The highest BCUT2D eigenvalue weighted by Crippen LogP contribution is 2.40. The Morgan fingerprint density at radius 2 is 2.08 bits per heavy atom. The van der Waals surface area contributed by atoms with Gasteiger partial charge in [-0.1, -0.05) is 18.7 Å².